The fraction of sp³-hybridized carbons (Fsp3) is 0.467. The van der Waals surface area contributed by atoms with Crippen molar-refractivity contribution in [2.24, 2.45) is 0 Å². The Hall–Kier alpha value is -1.69. The number of urea groups is 1. The van der Waals surface area contributed by atoms with Crippen LogP contribution in [0.1, 0.15) is 31.9 Å². The third kappa shape index (κ3) is 7.04. The van der Waals surface area contributed by atoms with Gasteiger partial charge in [-0.25, -0.2) is 4.79 Å². The largest absolute Gasteiger partial charge is 0.481 e. The Morgan fingerprint density at radius 2 is 1.90 bits per heavy atom. The molecule has 0 saturated carbocycles. The summed E-state index contributed by atoms with van der Waals surface area (Å²) < 4.78 is 0. The van der Waals surface area contributed by atoms with E-state index >= 15 is 0 Å². The Bertz CT molecular complexity index is 453. The lowest BCUT2D eigenvalue weighted by molar-refractivity contribution is -0.137. The lowest BCUT2D eigenvalue weighted by Crippen LogP contribution is -2.43. The normalized spacial score (nSPS) is 13.2. The van der Waals surface area contributed by atoms with E-state index in [1.807, 2.05) is 37.3 Å². The molecule has 21 heavy (non-hydrogen) atoms. The summed E-state index contributed by atoms with van der Waals surface area (Å²) in [5, 5.41) is 14.5. The highest BCUT2D eigenvalue weighted by molar-refractivity contribution is 7.99. The number of rotatable bonds is 8. The van der Waals surface area contributed by atoms with Crippen LogP contribution in [-0.4, -0.2) is 34.7 Å². The molecular weight excluding hydrogens is 288 g/mol. The molecule has 0 spiro atoms. The zero-order chi connectivity index (χ0) is 15.7. The molecule has 1 rings (SSSR count). The predicted molar refractivity (Wildman–Crippen MR) is 85.6 cm³/mol. The van der Waals surface area contributed by atoms with Gasteiger partial charge in [0.15, 0.2) is 0 Å². The molecule has 2 amide bonds. The van der Waals surface area contributed by atoms with E-state index in [1.165, 1.54) is 0 Å². The minimum Gasteiger partial charge on any atom is -0.481 e. The van der Waals surface area contributed by atoms with Crippen molar-refractivity contribution in [2.45, 2.75) is 32.4 Å². The van der Waals surface area contributed by atoms with Gasteiger partial charge >= 0.3 is 12.0 Å². The fourth-order valence-corrected chi connectivity index (χ4v) is 2.54. The molecule has 0 aromatic heterocycles. The second kappa shape index (κ2) is 9.28. The maximum atomic E-state index is 12.0. The molecule has 5 nitrogen and oxygen atoms in total. The van der Waals surface area contributed by atoms with Gasteiger partial charge in [-0.2, -0.15) is 11.8 Å². The van der Waals surface area contributed by atoms with Crippen LogP contribution in [0.4, 0.5) is 4.79 Å². The van der Waals surface area contributed by atoms with Gasteiger partial charge in [-0.1, -0.05) is 37.3 Å². The first-order valence-electron chi connectivity index (χ1n) is 6.94. The first kappa shape index (κ1) is 17.4. The number of benzene rings is 1. The predicted octanol–water partition coefficient (Wildman–Crippen LogP) is 2.64. The van der Waals surface area contributed by atoms with Crippen LogP contribution in [0.3, 0.4) is 0 Å². The van der Waals surface area contributed by atoms with E-state index in [4.69, 9.17) is 5.11 Å². The van der Waals surface area contributed by atoms with Crippen LogP contribution in [0.15, 0.2) is 30.3 Å². The summed E-state index contributed by atoms with van der Waals surface area (Å²) >= 11 is 1.75. The quantitative estimate of drug-likeness (QED) is 0.690. The lowest BCUT2D eigenvalue weighted by Gasteiger charge is -2.20. The van der Waals surface area contributed by atoms with E-state index < -0.39 is 12.0 Å². The average Bonchev–Trinajstić information content (AvgIpc) is 2.44. The van der Waals surface area contributed by atoms with Crippen molar-refractivity contribution >= 4 is 23.8 Å². The number of carboxylic acid groups (broad SMARTS) is 1. The molecule has 0 aliphatic heterocycles. The number of amides is 2. The van der Waals surface area contributed by atoms with Gasteiger partial charge < -0.3 is 15.7 Å². The van der Waals surface area contributed by atoms with Crippen molar-refractivity contribution in [3.05, 3.63) is 35.9 Å². The van der Waals surface area contributed by atoms with Crippen molar-refractivity contribution in [2.75, 3.05) is 11.5 Å². The molecule has 0 saturated heterocycles. The van der Waals surface area contributed by atoms with E-state index in [-0.39, 0.29) is 18.5 Å². The maximum Gasteiger partial charge on any atom is 0.315 e. The van der Waals surface area contributed by atoms with Crippen LogP contribution in [0.25, 0.3) is 0 Å². The van der Waals surface area contributed by atoms with E-state index in [1.54, 1.807) is 11.8 Å². The van der Waals surface area contributed by atoms with Gasteiger partial charge in [-0.15, -0.1) is 0 Å². The summed E-state index contributed by atoms with van der Waals surface area (Å²) in [6.45, 7) is 3.99. The molecule has 3 N–H and O–H groups in total. The van der Waals surface area contributed by atoms with Gasteiger partial charge in [0.1, 0.15) is 0 Å². The summed E-state index contributed by atoms with van der Waals surface area (Å²) in [5.74, 6) is 0.886. The van der Waals surface area contributed by atoms with Crippen molar-refractivity contribution in [3.63, 3.8) is 0 Å². The summed E-state index contributed by atoms with van der Waals surface area (Å²) in [6.07, 6.45) is -0.143. The summed E-state index contributed by atoms with van der Waals surface area (Å²) in [4.78, 5) is 22.9. The van der Waals surface area contributed by atoms with Gasteiger partial charge in [0.05, 0.1) is 12.5 Å². The molecule has 0 bridgehead atoms. The molecule has 116 valence electrons. The first-order chi connectivity index (χ1) is 10.0. The number of aliphatic carboxylic acids is 1. The molecule has 0 heterocycles. The molecular formula is C15H22N2O3S. The lowest BCUT2D eigenvalue weighted by atomic mass is 10.0. The topological polar surface area (TPSA) is 78.4 Å². The standard InChI is InChI=1S/C15H22N2O3S/c1-3-21-10-11(2)16-15(20)17-13(9-14(18)19)12-7-5-4-6-8-12/h4-8,11,13H,3,9-10H2,1-2H3,(H,18,19)(H2,16,17,20). The van der Waals surface area contributed by atoms with Crippen molar-refractivity contribution < 1.29 is 14.7 Å². The Kier molecular flexibility index (Phi) is 7.68. The van der Waals surface area contributed by atoms with Gasteiger partial charge in [0, 0.05) is 11.8 Å². The van der Waals surface area contributed by atoms with Crippen LogP contribution >= 0.6 is 11.8 Å². The number of hydrogen-bond acceptors (Lipinski definition) is 3. The second-order valence-electron chi connectivity index (χ2n) is 4.74. The Labute approximate surface area is 129 Å². The number of carboxylic acids is 1. The average molecular weight is 310 g/mol. The van der Waals surface area contributed by atoms with Crippen LogP contribution in [0.5, 0.6) is 0 Å². The number of thioether (sulfide) groups is 1. The van der Waals surface area contributed by atoms with Crippen molar-refractivity contribution in [1.29, 1.82) is 0 Å². The van der Waals surface area contributed by atoms with Gasteiger partial charge in [-0.05, 0) is 18.2 Å². The molecule has 0 radical (unpaired) electrons. The molecule has 1 aromatic rings. The van der Waals surface area contributed by atoms with Crippen molar-refractivity contribution in [3.8, 4) is 0 Å². The van der Waals surface area contributed by atoms with E-state index in [0.29, 0.717) is 0 Å². The van der Waals surface area contributed by atoms with Crippen LogP contribution in [-0.2, 0) is 4.79 Å². The van der Waals surface area contributed by atoms with Crippen LogP contribution in [0.2, 0.25) is 0 Å². The molecule has 2 unspecified atom stereocenters. The number of hydrogen-bond donors (Lipinski definition) is 3. The summed E-state index contributed by atoms with van der Waals surface area (Å²) in [5.41, 5.74) is 0.783. The number of carbonyl (C=O) groups excluding carboxylic acids is 1. The highest BCUT2D eigenvalue weighted by Gasteiger charge is 2.18. The van der Waals surface area contributed by atoms with E-state index in [0.717, 1.165) is 17.1 Å². The highest BCUT2D eigenvalue weighted by atomic mass is 32.2. The smallest absolute Gasteiger partial charge is 0.315 e. The monoisotopic (exact) mass is 310 g/mol. The third-order valence-corrected chi connectivity index (χ3v) is 3.98. The Morgan fingerprint density at radius 1 is 1.24 bits per heavy atom. The minimum atomic E-state index is -0.946. The number of nitrogens with one attached hydrogen (secondary N) is 2. The fourth-order valence-electron chi connectivity index (χ4n) is 1.87. The molecule has 6 heteroatoms. The van der Waals surface area contributed by atoms with Crippen LogP contribution in [0, 0.1) is 0 Å². The summed E-state index contributed by atoms with van der Waals surface area (Å²) in [6, 6.07) is 8.29. The zero-order valence-corrected chi connectivity index (χ0v) is 13.2. The first-order valence-corrected chi connectivity index (χ1v) is 8.10. The molecule has 0 aliphatic carbocycles. The second-order valence-corrected chi connectivity index (χ2v) is 6.06. The minimum absolute atomic E-state index is 0.0381. The SMILES string of the molecule is CCSCC(C)NC(=O)NC(CC(=O)O)c1ccccc1. The maximum absolute atomic E-state index is 12.0. The zero-order valence-electron chi connectivity index (χ0n) is 12.3. The van der Waals surface area contributed by atoms with Crippen molar-refractivity contribution in [1.82, 2.24) is 10.6 Å². The van der Waals surface area contributed by atoms with Gasteiger partial charge in [-0.3, -0.25) is 4.79 Å². The molecule has 1 aromatic carbocycles. The Morgan fingerprint density at radius 3 is 2.48 bits per heavy atom. The Balaban J connectivity index is 2.60. The molecule has 2 atom stereocenters. The molecule has 0 fully saturated rings. The number of carbonyl (C=O) groups is 2. The van der Waals surface area contributed by atoms with Gasteiger partial charge in [0.25, 0.3) is 0 Å². The highest BCUT2D eigenvalue weighted by Crippen LogP contribution is 2.16. The van der Waals surface area contributed by atoms with Crippen LogP contribution < -0.4 is 10.6 Å². The summed E-state index contributed by atoms with van der Waals surface area (Å²) in [7, 11) is 0. The van der Waals surface area contributed by atoms with Gasteiger partial charge in [0.2, 0.25) is 0 Å². The van der Waals surface area contributed by atoms with E-state index in [2.05, 4.69) is 17.6 Å². The molecule has 0 aliphatic rings. The van der Waals surface area contributed by atoms with E-state index in [9.17, 15) is 9.59 Å². The third-order valence-electron chi connectivity index (χ3n) is 2.84.